The average molecular weight is 484 g/mol. The van der Waals surface area contributed by atoms with Crippen LogP contribution in [0.2, 0.25) is 0 Å². The van der Waals surface area contributed by atoms with Crippen LogP contribution < -0.4 is 11.0 Å². The fourth-order valence-electron chi connectivity index (χ4n) is 4.15. The number of benzene rings is 3. The maximum atomic E-state index is 13.1. The van der Waals surface area contributed by atoms with Crippen LogP contribution in [0.3, 0.4) is 0 Å². The van der Waals surface area contributed by atoms with E-state index in [-0.39, 0.29) is 23.2 Å². The second kappa shape index (κ2) is 9.34. The summed E-state index contributed by atoms with van der Waals surface area (Å²) in [5, 5.41) is 2.59. The summed E-state index contributed by atoms with van der Waals surface area (Å²) in [5.74, 6) is -2.69. The van der Waals surface area contributed by atoms with Crippen molar-refractivity contribution in [2.75, 3.05) is 11.9 Å². The van der Waals surface area contributed by atoms with Crippen LogP contribution in [0, 0.1) is 0 Å². The van der Waals surface area contributed by atoms with Gasteiger partial charge in [-0.2, -0.15) is 0 Å². The number of H-pyrrole nitrogens is 2. The quantitative estimate of drug-likeness (QED) is 0.271. The van der Waals surface area contributed by atoms with Gasteiger partial charge >= 0.3 is 11.7 Å². The van der Waals surface area contributed by atoms with Gasteiger partial charge in [0.2, 0.25) is 0 Å². The van der Waals surface area contributed by atoms with E-state index < -0.39 is 36.3 Å². The summed E-state index contributed by atoms with van der Waals surface area (Å²) in [6.07, 6.45) is 0.0320. The highest BCUT2D eigenvalue weighted by atomic mass is 16.5. The summed E-state index contributed by atoms with van der Waals surface area (Å²) in [7, 11) is 0. The summed E-state index contributed by atoms with van der Waals surface area (Å²) in [6.45, 7) is -0.630. The molecular weight excluding hydrogens is 464 g/mol. The van der Waals surface area contributed by atoms with Gasteiger partial charge in [0.1, 0.15) is 6.04 Å². The third-order valence-electron chi connectivity index (χ3n) is 5.83. The summed E-state index contributed by atoms with van der Waals surface area (Å²) in [5.41, 5.74) is 2.24. The fraction of sp³-hybridized carbons (Fsp3) is 0.115. The van der Waals surface area contributed by atoms with Crippen LogP contribution in [-0.4, -0.2) is 51.2 Å². The van der Waals surface area contributed by atoms with Crippen molar-refractivity contribution in [3.63, 3.8) is 0 Å². The van der Waals surface area contributed by atoms with Gasteiger partial charge in [-0.1, -0.05) is 42.5 Å². The van der Waals surface area contributed by atoms with Crippen molar-refractivity contribution in [1.82, 2.24) is 14.9 Å². The Kier molecular flexibility index (Phi) is 5.91. The van der Waals surface area contributed by atoms with Crippen LogP contribution in [0.4, 0.5) is 5.69 Å². The minimum Gasteiger partial charge on any atom is -0.454 e. The molecule has 0 spiro atoms. The molecule has 2 heterocycles. The van der Waals surface area contributed by atoms with Crippen LogP contribution in [0.25, 0.3) is 11.0 Å². The van der Waals surface area contributed by atoms with Crippen molar-refractivity contribution in [3.05, 3.63) is 100.0 Å². The van der Waals surface area contributed by atoms with Gasteiger partial charge in [-0.05, 0) is 35.9 Å². The molecule has 1 aromatic heterocycles. The Morgan fingerprint density at radius 1 is 0.833 bits per heavy atom. The summed E-state index contributed by atoms with van der Waals surface area (Å²) < 4.78 is 5.25. The molecule has 1 aliphatic heterocycles. The van der Waals surface area contributed by atoms with Crippen molar-refractivity contribution in [2.24, 2.45) is 0 Å². The number of anilines is 1. The molecule has 0 radical (unpaired) electrons. The van der Waals surface area contributed by atoms with Crippen LogP contribution in [-0.2, 0) is 20.7 Å². The third kappa shape index (κ3) is 4.39. The van der Waals surface area contributed by atoms with E-state index in [9.17, 15) is 24.0 Å². The normalized spacial score (nSPS) is 13.5. The first kappa shape index (κ1) is 22.8. The van der Waals surface area contributed by atoms with Gasteiger partial charge in [-0.25, -0.2) is 9.59 Å². The molecule has 5 rings (SSSR count). The number of carbonyl (C=O) groups excluding carboxylic acids is 4. The minimum absolute atomic E-state index is 0.0320. The topological polar surface area (TPSA) is 141 Å². The molecule has 0 bridgehead atoms. The van der Waals surface area contributed by atoms with Gasteiger partial charge in [0.05, 0.1) is 22.2 Å². The Morgan fingerprint density at radius 2 is 1.47 bits per heavy atom. The number of fused-ring (bicyclic) bond motifs is 2. The van der Waals surface area contributed by atoms with E-state index in [2.05, 4.69) is 15.3 Å². The SMILES string of the molecule is O=C(COC(=O)C(Cc1ccccc1)N1C(=O)c2ccccc2C1=O)Nc1ccc2[nH]c(=O)[nH]c2c1. The summed E-state index contributed by atoms with van der Waals surface area (Å²) >= 11 is 0. The predicted molar refractivity (Wildman–Crippen MR) is 129 cm³/mol. The maximum absolute atomic E-state index is 13.1. The zero-order valence-electron chi connectivity index (χ0n) is 18.8. The Balaban J connectivity index is 1.31. The van der Waals surface area contributed by atoms with E-state index in [1.54, 1.807) is 54.6 Å². The first-order chi connectivity index (χ1) is 17.4. The average Bonchev–Trinajstić information content (AvgIpc) is 3.37. The maximum Gasteiger partial charge on any atom is 0.330 e. The number of hydrogen-bond donors (Lipinski definition) is 3. The molecule has 3 amide bonds. The molecule has 1 atom stereocenters. The van der Waals surface area contributed by atoms with E-state index in [4.69, 9.17) is 4.74 Å². The highest BCUT2D eigenvalue weighted by Gasteiger charge is 2.43. The Bertz CT molecular complexity index is 1520. The lowest BCUT2D eigenvalue weighted by molar-refractivity contribution is -0.151. The molecular formula is C26H20N4O6. The second-order valence-electron chi connectivity index (χ2n) is 8.23. The molecule has 3 aromatic carbocycles. The van der Waals surface area contributed by atoms with Crippen LogP contribution in [0.1, 0.15) is 26.3 Å². The van der Waals surface area contributed by atoms with E-state index in [1.165, 1.54) is 12.1 Å². The van der Waals surface area contributed by atoms with Crippen LogP contribution in [0.15, 0.2) is 77.6 Å². The number of imidazole rings is 1. The van der Waals surface area contributed by atoms with E-state index >= 15 is 0 Å². The monoisotopic (exact) mass is 484 g/mol. The number of esters is 1. The van der Waals surface area contributed by atoms with Crippen molar-refractivity contribution < 1.29 is 23.9 Å². The standard InChI is InChI=1S/C26H20N4O6/c31-22(27-16-10-11-19-20(13-16)29-26(35)28-19)14-36-25(34)21(12-15-6-2-1-3-7-15)30-23(32)17-8-4-5-9-18(17)24(30)33/h1-11,13,21H,12,14H2,(H,27,31)(H2,28,29,35). The van der Waals surface area contributed by atoms with Crippen molar-refractivity contribution in [2.45, 2.75) is 12.5 Å². The van der Waals surface area contributed by atoms with Crippen LogP contribution >= 0.6 is 0 Å². The molecule has 1 aliphatic rings. The first-order valence-electron chi connectivity index (χ1n) is 11.1. The molecule has 10 nitrogen and oxygen atoms in total. The molecule has 0 fully saturated rings. The molecule has 10 heteroatoms. The van der Waals surface area contributed by atoms with E-state index in [0.717, 1.165) is 4.90 Å². The second-order valence-corrected chi connectivity index (χ2v) is 8.23. The number of amides is 3. The number of aromatic nitrogens is 2. The minimum atomic E-state index is -1.26. The van der Waals surface area contributed by atoms with Crippen molar-refractivity contribution >= 4 is 40.4 Å². The van der Waals surface area contributed by atoms with Gasteiger partial charge in [0.15, 0.2) is 6.61 Å². The lowest BCUT2D eigenvalue weighted by atomic mass is 10.0. The Labute approximate surface area is 203 Å². The number of imide groups is 1. The Hall–Kier alpha value is -4.99. The van der Waals surface area contributed by atoms with Crippen molar-refractivity contribution in [3.8, 4) is 0 Å². The molecule has 1 unspecified atom stereocenters. The van der Waals surface area contributed by atoms with Gasteiger partial charge < -0.3 is 20.0 Å². The lowest BCUT2D eigenvalue weighted by Crippen LogP contribution is -2.47. The van der Waals surface area contributed by atoms with Gasteiger partial charge in [0.25, 0.3) is 17.7 Å². The van der Waals surface area contributed by atoms with Gasteiger partial charge in [0, 0.05) is 12.1 Å². The number of rotatable bonds is 7. The smallest absolute Gasteiger partial charge is 0.330 e. The largest absolute Gasteiger partial charge is 0.454 e. The number of ether oxygens (including phenoxy) is 1. The lowest BCUT2D eigenvalue weighted by Gasteiger charge is -2.24. The van der Waals surface area contributed by atoms with Crippen molar-refractivity contribution in [1.29, 1.82) is 0 Å². The number of hydrogen-bond acceptors (Lipinski definition) is 6. The summed E-state index contributed by atoms with van der Waals surface area (Å²) in [6, 6.07) is 18.8. The molecule has 180 valence electrons. The van der Waals surface area contributed by atoms with E-state index in [1.807, 2.05) is 6.07 Å². The number of carbonyl (C=O) groups is 4. The predicted octanol–water partition coefficient (Wildman–Crippen LogP) is 2.25. The molecule has 36 heavy (non-hydrogen) atoms. The highest BCUT2D eigenvalue weighted by molar-refractivity contribution is 6.22. The highest BCUT2D eigenvalue weighted by Crippen LogP contribution is 2.26. The number of aromatic amines is 2. The van der Waals surface area contributed by atoms with Gasteiger partial charge in [-0.15, -0.1) is 0 Å². The summed E-state index contributed by atoms with van der Waals surface area (Å²) in [4.78, 5) is 69.1. The zero-order valence-corrected chi connectivity index (χ0v) is 18.8. The van der Waals surface area contributed by atoms with E-state index in [0.29, 0.717) is 22.3 Å². The molecule has 4 aromatic rings. The third-order valence-corrected chi connectivity index (χ3v) is 5.83. The van der Waals surface area contributed by atoms with Crippen LogP contribution in [0.5, 0.6) is 0 Å². The molecule has 3 N–H and O–H groups in total. The Morgan fingerprint density at radius 3 is 2.17 bits per heavy atom. The van der Waals surface area contributed by atoms with Gasteiger partial charge in [-0.3, -0.25) is 19.3 Å². The molecule has 0 aliphatic carbocycles. The molecule has 0 saturated heterocycles. The number of nitrogens with zero attached hydrogens (tertiary/aromatic N) is 1. The fourth-order valence-corrected chi connectivity index (χ4v) is 4.15. The zero-order chi connectivity index (χ0) is 25.2. The molecule has 0 saturated carbocycles. The number of nitrogens with one attached hydrogen (secondary N) is 3. The first-order valence-corrected chi connectivity index (χ1v) is 11.1.